The Kier molecular flexibility index (Phi) is 6.78. The maximum absolute atomic E-state index is 12.9. The summed E-state index contributed by atoms with van der Waals surface area (Å²) < 4.78 is 10.5. The van der Waals surface area contributed by atoms with Crippen LogP contribution in [0.1, 0.15) is 42.5 Å². The van der Waals surface area contributed by atoms with Crippen molar-refractivity contribution in [1.29, 1.82) is 0 Å². The van der Waals surface area contributed by atoms with Crippen molar-refractivity contribution in [3.63, 3.8) is 0 Å². The van der Waals surface area contributed by atoms with Crippen molar-refractivity contribution in [3.05, 3.63) is 23.8 Å². The molecule has 0 aromatic heterocycles. The zero-order valence-electron chi connectivity index (χ0n) is 16.8. The first kappa shape index (κ1) is 20.5. The van der Waals surface area contributed by atoms with E-state index in [1.54, 1.807) is 37.3 Å². The number of methoxy groups -OCH3 is 2. The van der Waals surface area contributed by atoms with Crippen LogP contribution in [0.5, 0.6) is 11.5 Å². The number of ether oxygens (including phenoxy) is 2. The van der Waals surface area contributed by atoms with Gasteiger partial charge in [0.15, 0.2) is 0 Å². The van der Waals surface area contributed by atoms with Crippen LogP contribution in [-0.2, 0) is 4.79 Å². The third-order valence-corrected chi connectivity index (χ3v) is 6.04. The molecular weight excluding hydrogens is 358 g/mol. The van der Waals surface area contributed by atoms with Crippen LogP contribution in [0.3, 0.4) is 0 Å². The van der Waals surface area contributed by atoms with Crippen molar-refractivity contribution in [2.24, 2.45) is 17.6 Å². The van der Waals surface area contributed by atoms with Gasteiger partial charge >= 0.3 is 0 Å². The molecular formula is C21H31N3O4. The quantitative estimate of drug-likeness (QED) is 0.774. The van der Waals surface area contributed by atoms with Crippen LogP contribution in [0.2, 0.25) is 0 Å². The Balaban J connectivity index is 1.56. The van der Waals surface area contributed by atoms with Gasteiger partial charge in [-0.3, -0.25) is 9.59 Å². The fourth-order valence-corrected chi connectivity index (χ4v) is 4.27. The van der Waals surface area contributed by atoms with E-state index < -0.39 is 0 Å². The molecule has 3 N–H and O–H groups in total. The van der Waals surface area contributed by atoms with Crippen molar-refractivity contribution in [2.75, 3.05) is 33.9 Å². The van der Waals surface area contributed by atoms with E-state index in [1.165, 1.54) is 0 Å². The fraction of sp³-hybridized carbons (Fsp3) is 0.619. The minimum absolute atomic E-state index is 0.0390. The number of nitrogens with one attached hydrogen (secondary N) is 1. The molecule has 1 saturated carbocycles. The topological polar surface area (TPSA) is 93.9 Å². The number of benzene rings is 1. The molecule has 7 nitrogen and oxygen atoms in total. The van der Waals surface area contributed by atoms with Gasteiger partial charge < -0.3 is 25.4 Å². The average molecular weight is 389 g/mol. The number of nitrogens with two attached hydrogens (primary N) is 1. The van der Waals surface area contributed by atoms with Gasteiger partial charge in [-0.05, 0) is 50.3 Å². The molecule has 28 heavy (non-hydrogen) atoms. The lowest BCUT2D eigenvalue weighted by atomic mass is 9.94. The molecule has 2 amide bonds. The maximum atomic E-state index is 12.9. The normalized spacial score (nSPS) is 22.8. The molecule has 3 rings (SSSR count). The number of amides is 2. The number of hydrogen-bond donors (Lipinski definition) is 2. The van der Waals surface area contributed by atoms with Crippen LogP contribution in [0, 0.1) is 11.8 Å². The van der Waals surface area contributed by atoms with Crippen LogP contribution in [-0.4, -0.2) is 56.6 Å². The summed E-state index contributed by atoms with van der Waals surface area (Å²) in [6.45, 7) is 1.77. The second kappa shape index (κ2) is 9.28. The molecule has 2 atom stereocenters. The highest BCUT2D eigenvalue weighted by Crippen LogP contribution is 2.27. The van der Waals surface area contributed by atoms with Crippen molar-refractivity contribution < 1.29 is 19.1 Å². The van der Waals surface area contributed by atoms with E-state index >= 15 is 0 Å². The number of carbonyl (C=O) groups is 2. The summed E-state index contributed by atoms with van der Waals surface area (Å²) in [6, 6.07) is 5.39. The van der Waals surface area contributed by atoms with Gasteiger partial charge in [0.05, 0.1) is 14.2 Å². The van der Waals surface area contributed by atoms with E-state index in [4.69, 9.17) is 15.2 Å². The van der Waals surface area contributed by atoms with Gasteiger partial charge in [0.1, 0.15) is 11.5 Å². The van der Waals surface area contributed by atoms with Crippen LogP contribution in [0.15, 0.2) is 18.2 Å². The lowest BCUT2D eigenvalue weighted by Crippen LogP contribution is -2.47. The van der Waals surface area contributed by atoms with Crippen LogP contribution in [0.4, 0.5) is 0 Å². The minimum atomic E-state index is -0.0601. The molecule has 2 unspecified atom stereocenters. The largest absolute Gasteiger partial charge is 0.497 e. The van der Waals surface area contributed by atoms with Gasteiger partial charge in [-0.2, -0.15) is 0 Å². The number of piperidine rings is 1. The van der Waals surface area contributed by atoms with Gasteiger partial charge in [0.25, 0.3) is 5.91 Å². The molecule has 1 aliphatic carbocycles. The summed E-state index contributed by atoms with van der Waals surface area (Å²) in [5, 5.41) is 3.20. The molecule has 154 valence electrons. The van der Waals surface area contributed by atoms with Crippen molar-refractivity contribution in [2.45, 2.75) is 38.1 Å². The predicted octanol–water partition coefficient (Wildman–Crippen LogP) is 1.80. The van der Waals surface area contributed by atoms with Gasteiger partial charge in [-0.25, -0.2) is 0 Å². The molecule has 7 heteroatoms. The average Bonchev–Trinajstić information content (AvgIpc) is 3.19. The molecule has 2 aliphatic rings. The second-order valence-electron chi connectivity index (χ2n) is 7.71. The number of likely N-dealkylation sites (tertiary alicyclic amines) is 1. The molecule has 1 aliphatic heterocycles. The lowest BCUT2D eigenvalue weighted by molar-refractivity contribution is -0.127. The summed E-state index contributed by atoms with van der Waals surface area (Å²) in [7, 11) is 3.12. The van der Waals surface area contributed by atoms with Gasteiger partial charge in [0, 0.05) is 36.7 Å². The standard InChI is InChI=1S/C21H31N3O4/c1-27-17-10-16(11-18(12-17)28-2)21(26)24-8-6-14(7-9-24)20(25)23-19-5-3-4-15(19)13-22/h10-12,14-15,19H,3-9,13,22H2,1-2H3,(H,23,25). The van der Waals surface area contributed by atoms with E-state index in [9.17, 15) is 9.59 Å². The number of carbonyl (C=O) groups excluding carboxylic acids is 2. The van der Waals surface area contributed by atoms with Crippen LogP contribution >= 0.6 is 0 Å². The zero-order valence-corrected chi connectivity index (χ0v) is 16.8. The molecule has 1 heterocycles. The van der Waals surface area contributed by atoms with Gasteiger partial charge in [-0.15, -0.1) is 0 Å². The van der Waals surface area contributed by atoms with Crippen LogP contribution < -0.4 is 20.5 Å². The Hall–Kier alpha value is -2.28. The summed E-state index contributed by atoms with van der Waals surface area (Å²) in [6.07, 6.45) is 4.60. The third kappa shape index (κ3) is 4.58. The Morgan fingerprint density at radius 2 is 1.71 bits per heavy atom. The van der Waals surface area contributed by atoms with E-state index in [0.29, 0.717) is 55.5 Å². The van der Waals surface area contributed by atoms with Crippen molar-refractivity contribution in [1.82, 2.24) is 10.2 Å². The third-order valence-electron chi connectivity index (χ3n) is 6.04. The monoisotopic (exact) mass is 389 g/mol. The Morgan fingerprint density at radius 3 is 2.29 bits per heavy atom. The zero-order chi connectivity index (χ0) is 20.1. The summed E-state index contributed by atoms with van der Waals surface area (Å²) in [5.74, 6) is 1.58. The summed E-state index contributed by atoms with van der Waals surface area (Å²) in [4.78, 5) is 27.3. The molecule has 2 fully saturated rings. The van der Waals surface area contributed by atoms with Gasteiger partial charge in [-0.1, -0.05) is 6.42 Å². The van der Waals surface area contributed by atoms with Crippen molar-refractivity contribution >= 4 is 11.8 Å². The Labute approximate surface area is 166 Å². The number of nitrogens with zero attached hydrogens (tertiary/aromatic N) is 1. The summed E-state index contributed by atoms with van der Waals surface area (Å²) in [5.41, 5.74) is 6.35. The Bertz CT molecular complexity index is 679. The molecule has 0 bridgehead atoms. The first-order valence-electron chi connectivity index (χ1n) is 10.1. The highest BCUT2D eigenvalue weighted by molar-refractivity contribution is 5.95. The maximum Gasteiger partial charge on any atom is 0.254 e. The minimum Gasteiger partial charge on any atom is -0.497 e. The molecule has 1 aromatic rings. The number of hydrogen-bond acceptors (Lipinski definition) is 5. The molecule has 0 spiro atoms. The SMILES string of the molecule is COc1cc(OC)cc(C(=O)N2CCC(C(=O)NC3CCCC3CN)CC2)c1. The van der Waals surface area contributed by atoms with Crippen molar-refractivity contribution in [3.8, 4) is 11.5 Å². The lowest BCUT2D eigenvalue weighted by Gasteiger charge is -2.32. The second-order valence-corrected chi connectivity index (χ2v) is 7.71. The van der Waals surface area contributed by atoms with Gasteiger partial charge in [0.2, 0.25) is 5.91 Å². The highest BCUT2D eigenvalue weighted by atomic mass is 16.5. The summed E-state index contributed by atoms with van der Waals surface area (Å²) >= 11 is 0. The van der Waals surface area contributed by atoms with E-state index in [2.05, 4.69) is 5.32 Å². The Morgan fingerprint density at radius 1 is 1.07 bits per heavy atom. The molecule has 1 aromatic carbocycles. The van der Waals surface area contributed by atoms with E-state index in [1.807, 2.05) is 0 Å². The first-order chi connectivity index (χ1) is 13.5. The molecule has 1 saturated heterocycles. The first-order valence-corrected chi connectivity index (χ1v) is 10.1. The van der Waals surface area contributed by atoms with Crippen LogP contribution in [0.25, 0.3) is 0 Å². The molecule has 0 radical (unpaired) electrons. The van der Waals surface area contributed by atoms with E-state index in [0.717, 1.165) is 19.3 Å². The smallest absolute Gasteiger partial charge is 0.254 e. The number of rotatable bonds is 6. The van der Waals surface area contributed by atoms with E-state index in [-0.39, 0.29) is 23.8 Å². The highest BCUT2D eigenvalue weighted by Gasteiger charge is 2.32. The fourth-order valence-electron chi connectivity index (χ4n) is 4.27. The predicted molar refractivity (Wildman–Crippen MR) is 106 cm³/mol.